The Morgan fingerprint density at radius 3 is 2.88 bits per heavy atom. The summed E-state index contributed by atoms with van der Waals surface area (Å²) in [5.74, 6) is 2.75. The van der Waals surface area contributed by atoms with E-state index >= 15 is 0 Å². The lowest BCUT2D eigenvalue weighted by Gasteiger charge is -2.10. The van der Waals surface area contributed by atoms with Crippen LogP contribution in [0.4, 0.5) is 11.5 Å². The third kappa shape index (κ3) is 4.78. The van der Waals surface area contributed by atoms with Gasteiger partial charge in [-0.05, 0) is 42.5 Å². The van der Waals surface area contributed by atoms with E-state index < -0.39 is 0 Å². The highest BCUT2D eigenvalue weighted by atomic mass is 16.1. The van der Waals surface area contributed by atoms with Gasteiger partial charge in [-0.1, -0.05) is 26.0 Å². The Kier molecular flexibility index (Phi) is 5.08. The number of hydrogen-bond donors (Lipinski definition) is 2. The van der Waals surface area contributed by atoms with Crippen LogP contribution in [-0.2, 0) is 11.3 Å². The molecule has 126 valence electrons. The Bertz CT molecular complexity index is 710. The molecule has 24 heavy (non-hydrogen) atoms. The van der Waals surface area contributed by atoms with Crippen molar-refractivity contribution in [1.82, 2.24) is 9.97 Å². The van der Waals surface area contributed by atoms with Gasteiger partial charge in [0.05, 0.1) is 0 Å². The van der Waals surface area contributed by atoms with Crippen LogP contribution in [0.2, 0.25) is 0 Å². The van der Waals surface area contributed by atoms with Gasteiger partial charge >= 0.3 is 0 Å². The smallest absolute Gasteiger partial charge is 0.224 e. The Labute approximate surface area is 142 Å². The van der Waals surface area contributed by atoms with E-state index in [-0.39, 0.29) is 5.91 Å². The van der Waals surface area contributed by atoms with Crippen molar-refractivity contribution >= 4 is 17.4 Å². The first-order chi connectivity index (χ1) is 11.6. The summed E-state index contributed by atoms with van der Waals surface area (Å²) in [4.78, 5) is 20.8. The number of aromatic nitrogens is 2. The second-order valence-electron chi connectivity index (χ2n) is 6.77. The third-order valence-electron chi connectivity index (χ3n) is 3.89. The Balaban J connectivity index is 1.58. The van der Waals surface area contributed by atoms with Gasteiger partial charge in [0.1, 0.15) is 11.6 Å². The molecule has 1 amide bonds. The number of hydrogen-bond acceptors (Lipinski definition) is 4. The highest BCUT2D eigenvalue weighted by molar-refractivity contribution is 5.90. The molecule has 0 saturated heterocycles. The van der Waals surface area contributed by atoms with Crippen molar-refractivity contribution in [3.8, 4) is 0 Å². The molecule has 1 aromatic heterocycles. The van der Waals surface area contributed by atoms with Gasteiger partial charge in [0.15, 0.2) is 0 Å². The Hall–Kier alpha value is -2.43. The predicted octanol–water partition coefficient (Wildman–Crippen LogP) is 3.95. The van der Waals surface area contributed by atoms with Crippen LogP contribution in [-0.4, -0.2) is 15.9 Å². The van der Waals surface area contributed by atoms with Gasteiger partial charge in [0.25, 0.3) is 0 Å². The minimum absolute atomic E-state index is 0.0555. The lowest BCUT2D eigenvalue weighted by atomic mass is 10.1. The van der Waals surface area contributed by atoms with E-state index in [2.05, 4.69) is 20.6 Å². The van der Waals surface area contributed by atoms with Gasteiger partial charge in [0, 0.05) is 30.8 Å². The average molecular weight is 324 g/mol. The minimum atomic E-state index is 0.0555. The van der Waals surface area contributed by atoms with Crippen molar-refractivity contribution in [2.75, 3.05) is 10.6 Å². The molecule has 1 aliphatic rings. The zero-order valence-electron chi connectivity index (χ0n) is 14.2. The number of anilines is 2. The SMILES string of the molecule is CC(C)CC(=O)Nc1cccc(CNc2ccnc(C3CC3)n2)c1. The quantitative estimate of drug-likeness (QED) is 0.809. The molecule has 0 atom stereocenters. The molecule has 1 aromatic carbocycles. The molecule has 0 bridgehead atoms. The van der Waals surface area contributed by atoms with Crippen molar-refractivity contribution < 1.29 is 4.79 Å². The molecule has 3 rings (SSSR count). The van der Waals surface area contributed by atoms with E-state index in [0.717, 1.165) is 22.9 Å². The van der Waals surface area contributed by atoms with Crippen LogP contribution < -0.4 is 10.6 Å². The van der Waals surface area contributed by atoms with Crippen LogP contribution >= 0.6 is 0 Å². The average Bonchev–Trinajstić information content (AvgIpc) is 3.38. The van der Waals surface area contributed by atoms with Crippen LogP contribution in [0.5, 0.6) is 0 Å². The largest absolute Gasteiger partial charge is 0.366 e. The molecule has 0 spiro atoms. The van der Waals surface area contributed by atoms with Crippen LogP contribution in [0.15, 0.2) is 36.5 Å². The maximum atomic E-state index is 11.9. The number of nitrogens with zero attached hydrogens (tertiary/aromatic N) is 2. The van der Waals surface area contributed by atoms with E-state index in [9.17, 15) is 4.79 Å². The van der Waals surface area contributed by atoms with Gasteiger partial charge in [-0.2, -0.15) is 0 Å². The summed E-state index contributed by atoms with van der Waals surface area (Å²) in [7, 11) is 0. The molecule has 5 nitrogen and oxygen atoms in total. The summed E-state index contributed by atoms with van der Waals surface area (Å²) in [6.07, 6.45) is 4.74. The summed E-state index contributed by atoms with van der Waals surface area (Å²) >= 11 is 0. The molecule has 5 heteroatoms. The van der Waals surface area contributed by atoms with E-state index in [0.29, 0.717) is 24.8 Å². The van der Waals surface area contributed by atoms with Crippen LogP contribution in [0.1, 0.15) is 50.4 Å². The lowest BCUT2D eigenvalue weighted by molar-refractivity contribution is -0.116. The van der Waals surface area contributed by atoms with Crippen molar-refractivity contribution in [2.45, 2.75) is 45.6 Å². The van der Waals surface area contributed by atoms with Crippen molar-refractivity contribution in [2.24, 2.45) is 5.92 Å². The molecular formula is C19H24N4O. The first-order valence-electron chi connectivity index (χ1n) is 8.56. The van der Waals surface area contributed by atoms with Gasteiger partial charge in [-0.3, -0.25) is 4.79 Å². The highest BCUT2D eigenvalue weighted by Gasteiger charge is 2.26. The fourth-order valence-electron chi connectivity index (χ4n) is 2.54. The summed E-state index contributed by atoms with van der Waals surface area (Å²) in [6.45, 7) is 4.74. The van der Waals surface area contributed by atoms with E-state index in [1.807, 2.05) is 50.4 Å². The molecule has 1 fully saturated rings. The summed E-state index contributed by atoms with van der Waals surface area (Å²) < 4.78 is 0. The predicted molar refractivity (Wildman–Crippen MR) is 95.9 cm³/mol. The van der Waals surface area contributed by atoms with Crippen LogP contribution in [0.25, 0.3) is 0 Å². The zero-order chi connectivity index (χ0) is 16.9. The van der Waals surface area contributed by atoms with Crippen LogP contribution in [0, 0.1) is 5.92 Å². The van der Waals surface area contributed by atoms with E-state index in [1.54, 1.807) is 0 Å². The first kappa shape index (κ1) is 16.4. The normalized spacial score (nSPS) is 13.8. The van der Waals surface area contributed by atoms with Gasteiger partial charge in [0.2, 0.25) is 5.91 Å². The first-order valence-corrected chi connectivity index (χ1v) is 8.56. The molecule has 0 radical (unpaired) electrons. The lowest BCUT2D eigenvalue weighted by Crippen LogP contribution is -2.14. The second-order valence-corrected chi connectivity index (χ2v) is 6.77. The van der Waals surface area contributed by atoms with E-state index in [1.165, 1.54) is 12.8 Å². The number of carbonyl (C=O) groups excluding carboxylic acids is 1. The molecule has 1 heterocycles. The molecule has 1 saturated carbocycles. The van der Waals surface area contributed by atoms with Crippen molar-refractivity contribution in [3.05, 3.63) is 47.9 Å². The standard InChI is InChI=1S/C19H24N4O/c1-13(2)10-18(24)22-16-5-3-4-14(11-16)12-21-17-8-9-20-19(23-17)15-6-7-15/h3-5,8-9,11,13,15H,6-7,10,12H2,1-2H3,(H,22,24)(H,20,21,23). The molecule has 0 aliphatic heterocycles. The number of amides is 1. The second kappa shape index (κ2) is 7.43. The number of benzene rings is 1. The molecular weight excluding hydrogens is 300 g/mol. The Morgan fingerprint density at radius 1 is 1.29 bits per heavy atom. The maximum Gasteiger partial charge on any atom is 0.224 e. The molecule has 2 N–H and O–H groups in total. The monoisotopic (exact) mass is 324 g/mol. The number of carbonyl (C=O) groups is 1. The van der Waals surface area contributed by atoms with E-state index in [4.69, 9.17) is 0 Å². The number of rotatable bonds is 7. The fraction of sp³-hybridized carbons (Fsp3) is 0.421. The minimum Gasteiger partial charge on any atom is -0.366 e. The summed E-state index contributed by atoms with van der Waals surface area (Å²) in [5.41, 5.74) is 1.94. The fourth-order valence-corrected chi connectivity index (χ4v) is 2.54. The van der Waals surface area contributed by atoms with Gasteiger partial charge < -0.3 is 10.6 Å². The highest BCUT2D eigenvalue weighted by Crippen LogP contribution is 2.38. The summed E-state index contributed by atoms with van der Waals surface area (Å²) in [5, 5.41) is 6.28. The summed E-state index contributed by atoms with van der Waals surface area (Å²) in [6, 6.07) is 9.79. The molecule has 0 unspecified atom stereocenters. The maximum absolute atomic E-state index is 11.9. The topological polar surface area (TPSA) is 66.9 Å². The third-order valence-corrected chi connectivity index (χ3v) is 3.89. The van der Waals surface area contributed by atoms with Crippen LogP contribution in [0.3, 0.4) is 0 Å². The zero-order valence-corrected chi connectivity index (χ0v) is 14.2. The van der Waals surface area contributed by atoms with Gasteiger partial charge in [-0.25, -0.2) is 9.97 Å². The van der Waals surface area contributed by atoms with Crippen molar-refractivity contribution in [1.29, 1.82) is 0 Å². The molecule has 2 aromatic rings. The van der Waals surface area contributed by atoms with Crippen molar-refractivity contribution in [3.63, 3.8) is 0 Å². The number of nitrogens with one attached hydrogen (secondary N) is 2. The Morgan fingerprint density at radius 2 is 2.12 bits per heavy atom. The molecule has 1 aliphatic carbocycles. The van der Waals surface area contributed by atoms with Gasteiger partial charge in [-0.15, -0.1) is 0 Å².